The van der Waals surface area contributed by atoms with Crippen molar-refractivity contribution in [3.63, 3.8) is 0 Å². The molecule has 2 fully saturated rings. The lowest BCUT2D eigenvalue weighted by Crippen LogP contribution is -2.43. The van der Waals surface area contributed by atoms with Gasteiger partial charge < -0.3 is 14.9 Å². The van der Waals surface area contributed by atoms with Crippen LogP contribution in [0.25, 0.3) is 10.8 Å². The van der Waals surface area contributed by atoms with Gasteiger partial charge in [-0.1, -0.05) is 18.2 Å². The monoisotopic (exact) mass is 353 g/mol. The molecule has 2 aliphatic rings. The van der Waals surface area contributed by atoms with Gasteiger partial charge in [-0.15, -0.1) is 0 Å². The van der Waals surface area contributed by atoms with Crippen LogP contribution < -0.4 is 0 Å². The van der Waals surface area contributed by atoms with Crippen LogP contribution >= 0.6 is 0 Å². The van der Waals surface area contributed by atoms with Crippen molar-refractivity contribution in [3.8, 4) is 0 Å². The first-order valence-corrected chi connectivity index (χ1v) is 9.71. The lowest BCUT2D eigenvalue weighted by atomic mass is 9.86. The SMILES string of the molecule is O=C1CCCN1CC(O)CN1CCC(c2cccc3cnccc23)CC1. The van der Waals surface area contributed by atoms with Crippen molar-refractivity contribution in [2.24, 2.45) is 0 Å². The van der Waals surface area contributed by atoms with Crippen molar-refractivity contribution < 1.29 is 9.90 Å². The second-order valence-electron chi connectivity index (χ2n) is 7.62. The molecule has 0 radical (unpaired) electrons. The van der Waals surface area contributed by atoms with E-state index >= 15 is 0 Å². The number of carbonyl (C=O) groups excluding carboxylic acids is 1. The van der Waals surface area contributed by atoms with Crippen molar-refractivity contribution in [2.45, 2.75) is 37.7 Å². The summed E-state index contributed by atoms with van der Waals surface area (Å²) in [5, 5.41) is 12.9. The highest BCUT2D eigenvalue weighted by molar-refractivity contribution is 5.85. The minimum Gasteiger partial charge on any atom is -0.390 e. The number of aromatic nitrogens is 1. The highest BCUT2D eigenvalue weighted by atomic mass is 16.3. The topological polar surface area (TPSA) is 56.7 Å². The number of nitrogens with zero attached hydrogens (tertiary/aromatic N) is 3. The fourth-order valence-corrected chi connectivity index (χ4v) is 4.44. The quantitative estimate of drug-likeness (QED) is 0.897. The minimum absolute atomic E-state index is 0.188. The van der Waals surface area contributed by atoms with Crippen LogP contribution in [0, 0.1) is 0 Å². The summed E-state index contributed by atoms with van der Waals surface area (Å²) in [5.41, 5.74) is 1.42. The molecule has 1 atom stereocenters. The molecule has 2 aliphatic heterocycles. The maximum Gasteiger partial charge on any atom is 0.222 e. The molecule has 1 N–H and O–H groups in total. The number of carbonyl (C=O) groups is 1. The van der Waals surface area contributed by atoms with Gasteiger partial charge in [0.05, 0.1) is 6.10 Å². The second-order valence-corrected chi connectivity index (χ2v) is 7.62. The number of β-amino-alcohol motifs (C(OH)–C–C–N with tert-alkyl or cyclic N) is 1. The van der Waals surface area contributed by atoms with Crippen molar-refractivity contribution in [3.05, 3.63) is 42.2 Å². The van der Waals surface area contributed by atoms with Crippen LogP contribution in [0.15, 0.2) is 36.7 Å². The number of pyridine rings is 1. The van der Waals surface area contributed by atoms with E-state index in [1.807, 2.05) is 17.3 Å². The summed E-state index contributed by atoms with van der Waals surface area (Å²) in [6, 6.07) is 8.61. The Morgan fingerprint density at radius 2 is 2.00 bits per heavy atom. The molecule has 2 aromatic rings. The van der Waals surface area contributed by atoms with E-state index in [0.29, 0.717) is 25.4 Å². The average Bonchev–Trinajstić information content (AvgIpc) is 3.06. The third-order valence-electron chi connectivity index (χ3n) is 5.81. The second kappa shape index (κ2) is 7.72. The Bertz CT molecular complexity index is 765. The Balaban J connectivity index is 1.33. The summed E-state index contributed by atoms with van der Waals surface area (Å²) in [4.78, 5) is 20.1. The Hall–Kier alpha value is -1.98. The zero-order chi connectivity index (χ0) is 17.9. The van der Waals surface area contributed by atoms with E-state index in [4.69, 9.17) is 0 Å². The van der Waals surface area contributed by atoms with Crippen LogP contribution in [0.5, 0.6) is 0 Å². The highest BCUT2D eigenvalue weighted by Gasteiger charge is 2.26. The van der Waals surface area contributed by atoms with Crippen molar-refractivity contribution in [1.82, 2.24) is 14.8 Å². The van der Waals surface area contributed by atoms with Crippen molar-refractivity contribution in [2.75, 3.05) is 32.7 Å². The standard InChI is InChI=1S/C21H27N3O2/c25-18(15-24-10-2-5-21(24)26)14-23-11-7-16(8-12-23)19-4-1-3-17-13-22-9-6-20(17)19/h1,3-4,6,9,13,16,18,25H,2,5,7-8,10-12,14-15H2. The molecule has 138 valence electrons. The van der Waals surface area contributed by atoms with Crippen LogP contribution in [0.4, 0.5) is 0 Å². The first-order valence-electron chi connectivity index (χ1n) is 9.71. The van der Waals surface area contributed by atoms with Crippen molar-refractivity contribution in [1.29, 1.82) is 0 Å². The molecule has 1 unspecified atom stereocenters. The van der Waals surface area contributed by atoms with Crippen LogP contribution in [0.3, 0.4) is 0 Å². The van der Waals surface area contributed by atoms with Gasteiger partial charge in [0.15, 0.2) is 0 Å². The van der Waals surface area contributed by atoms with Crippen LogP contribution in [-0.4, -0.2) is 64.6 Å². The van der Waals surface area contributed by atoms with Gasteiger partial charge in [-0.2, -0.15) is 0 Å². The summed E-state index contributed by atoms with van der Waals surface area (Å²) in [6.07, 6.45) is 7.14. The molecule has 5 heteroatoms. The van der Waals surface area contributed by atoms with Gasteiger partial charge in [0, 0.05) is 43.8 Å². The minimum atomic E-state index is -0.447. The van der Waals surface area contributed by atoms with Gasteiger partial charge in [0.25, 0.3) is 0 Å². The van der Waals surface area contributed by atoms with E-state index in [1.165, 1.54) is 16.3 Å². The number of benzene rings is 1. The summed E-state index contributed by atoms with van der Waals surface area (Å²) in [5.74, 6) is 0.753. The van der Waals surface area contributed by atoms with Gasteiger partial charge >= 0.3 is 0 Å². The molecule has 1 amide bonds. The zero-order valence-electron chi connectivity index (χ0n) is 15.2. The van der Waals surface area contributed by atoms with Crippen LogP contribution in [-0.2, 0) is 4.79 Å². The molecule has 0 aliphatic carbocycles. The zero-order valence-corrected chi connectivity index (χ0v) is 15.2. The Labute approximate surface area is 154 Å². The number of aliphatic hydroxyl groups is 1. The molecule has 26 heavy (non-hydrogen) atoms. The fraction of sp³-hybridized carbons (Fsp3) is 0.524. The maximum absolute atomic E-state index is 11.7. The smallest absolute Gasteiger partial charge is 0.222 e. The summed E-state index contributed by atoms with van der Waals surface area (Å²) < 4.78 is 0. The van der Waals surface area contributed by atoms with E-state index in [0.717, 1.165) is 38.9 Å². The maximum atomic E-state index is 11.7. The molecule has 4 rings (SSSR count). The normalized spacial score (nSPS) is 20.8. The first-order chi connectivity index (χ1) is 12.7. The average molecular weight is 353 g/mol. The highest BCUT2D eigenvalue weighted by Crippen LogP contribution is 2.32. The third kappa shape index (κ3) is 3.74. The molecular weight excluding hydrogens is 326 g/mol. The van der Waals surface area contributed by atoms with E-state index in [1.54, 1.807) is 0 Å². The molecule has 0 saturated carbocycles. The van der Waals surface area contributed by atoms with Crippen LogP contribution in [0.2, 0.25) is 0 Å². The van der Waals surface area contributed by atoms with Crippen LogP contribution in [0.1, 0.15) is 37.2 Å². The summed E-state index contributed by atoms with van der Waals surface area (Å²) >= 11 is 0. The van der Waals surface area contributed by atoms with Crippen molar-refractivity contribution >= 4 is 16.7 Å². The molecule has 2 saturated heterocycles. The third-order valence-corrected chi connectivity index (χ3v) is 5.81. The number of amides is 1. The Morgan fingerprint density at radius 1 is 1.15 bits per heavy atom. The molecule has 3 heterocycles. The fourth-order valence-electron chi connectivity index (χ4n) is 4.44. The van der Waals surface area contributed by atoms with E-state index in [2.05, 4.69) is 34.1 Å². The van der Waals surface area contributed by atoms with E-state index < -0.39 is 6.10 Å². The molecule has 1 aromatic carbocycles. The molecular formula is C21H27N3O2. The van der Waals surface area contributed by atoms with Gasteiger partial charge in [0.1, 0.15) is 0 Å². The number of fused-ring (bicyclic) bond motifs is 1. The molecule has 1 aromatic heterocycles. The van der Waals surface area contributed by atoms with E-state index in [9.17, 15) is 9.90 Å². The van der Waals surface area contributed by atoms with E-state index in [-0.39, 0.29) is 5.91 Å². The lowest BCUT2D eigenvalue weighted by Gasteiger charge is -2.34. The number of likely N-dealkylation sites (tertiary alicyclic amines) is 2. The number of hydrogen-bond donors (Lipinski definition) is 1. The Morgan fingerprint density at radius 3 is 2.77 bits per heavy atom. The van der Waals surface area contributed by atoms with Gasteiger partial charge in [-0.05, 0) is 55.3 Å². The number of aliphatic hydroxyl groups excluding tert-OH is 1. The Kier molecular flexibility index (Phi) is 5.18. The summed E-state index contributed by atoms with van der Waals surface area (Å²) in [6.45, 7) is 3.94. The largest absolute Gasteiger partial charge is 0.390 e. The summed E-state index contributed by atoms with van der Waals surface area (Å²) in [7, 11) is 0. The molecule has 0 bridgehead atoms. The van der Waals surface area contributed by atoms with Gasteiger partial charge in [0.2, 0.25) is 5.91 Å². The number of piperidine rings is 1. The van der Waals surface area contributed by atoms with Gasteiger partial charge in [-0.3, -0.25) is 9.78 Å². The first kappa shape index (κ1) is 17.4. The lowest BCUT2D eigenvalue weighted by molar-refractivity contribution is -0.129. The molecule has 5 nitrogen and oxygen atoms in total. The van der Waals surface area contributed by atoms with Gasteiger partial charge in [-0.25, -0.2) is 0 Å². The predicted molar refractivity (Wildman–Crippen MR) is 102 cm³/mol. The predicted octanol–water partition coefficient (Wildman–Crippen LogP) is 2.40. The number of hydrogen-bond acceptors (Lipinski definition) is 4. The molecule has 0 spiro atoms. The number of rotatable bonds is 5.